The van der Waals surface area contributed by atoms with Gasteiger partial charge in [-0.15, -0.1) is 0 Å². The van der Waals surface area contributed by atoms with Gasteiger partial charge in [0.05, 0.1) is 25.9 Å². The standard InChI is InChI=1S/C19H38N2O2/c1-15-13-22-14-16(21(15)19(5,6)7)8-9-17-12-20(10-11-23-17)18(2,3)4/h15-17H,8-14H2,1-7H3/t15-,16+,17?/m0/s1. The van der Waals surface area contributed by atoms with Gasteiger partial charge in [-0.05, 0) is 61.3 Å². The van der Waals surface area contributed by atoms with Crippen molar-refractivity contribution in [2.24, 2.45) is 0 Å². The van der Waals surface area contributed by atoms with Crippen molar-refractivity contribution >= 4 is 0 Å². The van der Waals surface area contributed by atoms with Crippen LogP contribution in [0, 0.1) is 0 Å². The van der Waals surface area contributed by atoms with E-state index in [1.54, 1.807) is 0 Å². The SMILES string of the molecule is C[C@H]1COC[C@@H](CCC2CN(C(C)(C)C)CCO2)N1C(C)(C)C. The van der Waals surface area contributed by atoms with Gasteiger partial charge in [0, 0.05) is 36.3 Å². The monoisotopic (exact) mass is 326 g/mol. The third-order valence-corrected chi connectivity index (χ3v) is 5.22. The summed E-state index contributed by atoms with van der Waals surface area (Å²) in [5.41, 5.74) is 0.431. The van der Waals surface area contributed by atoms with Crippen LogP contribution in [0.5, 0.6) is 0 Å². The number of hydrogen-bond donors (Lipinski definition) is 0. The first kappa shape index (κ1) is 19.2. The Hall–Kier alpha value is -0.160. The first-order chi connectivity index (χ1) is 10.6. The Kier molecular flexibility index (Phi) is 6.15. The summed E-state index contributed by atoms with van der Waals surface area (Å²) >= 11 is 0. The molecule has 0 amide bonds. The Morgan fingerprint density at radius 2 is 1.65 bits per heavy atom. The highest BCUT2D eigenvalue weighted by Gasteiger charge is 2.37. The molecule has 0 aromatic heterocycles. The largest absolute Gasteiger partial charge is 0.378 e. The zero-order chi connectivity index (χ0) is 17.3. The van der Waals surface area contributed by atoms with Gasteiger partial charge in [0.15, 0.2) is 0 Å². The quantitative estimate of drug-likeness (QED) is 0.795. The van der Waals surface area contributed by atoms with E-state index in [0.29, 0.717) is 18.2 Å². The lowest BCUT2D eigenvalue weighted by Gasteiger charge is -2.49. The van der Waals surface area contributed by atoms with E-state index in [1.807, 2.05) is 0 Å². The van der Waals surface area contributed by atoms with Crippen molar-refractivity contribution in [3.05, 3.63) is 0 Å². The summed E-state index contributed by atoms with van der Waals surface area (Å²) in [6.45, 7) is 20.8. The summed E-state index contributed by atoms with van der Waals surface area (Å²) in [5, 5.41) is 0. The lowest BCUT2D eigenvalue weighted by Crippen LogP contribution is -2.59. The molecular weight excluding hydrogens is 288 g/mol. The highest BCUT2D eigenvalue weighted by atomic mass is 16.5. The molecule has 1 unspecified atom stereocenters. The summed E-state index contributed by atoms with van der Waals surface area (Å²) < 4.78 is 11.9. The fourth-order valence-electron chi connectivity index (χ4n) is 4.21. The van der Waals surface area contributed by atoms with Crippen molar-refractivity contribution in [1.29, 1.82) is 0 Å². The summed E-state index contributed by atoms with van der Waals surface area (Å²) in [4.78, 5) is 5.21. The van der Waals surface area contributed by atoms with Gasteiger partial charge in [0.1, 0.15) is 0 Å². The summed E-state index contributed by atoms with van der Waals surface area (Å²) in [5.74, 6) is 0. The van der Waals surface area contributed by atoms with Crippen LogP contribution < -0.4 is 0 Å². The molecule has 2 aliphatic rings. The van der Waals surface area contributed by atoms with Gasteiger partial charge >= 0.3 is 0 Å². The zero-order valence-electron chi connectivity index (χ0n) is 16.4. The predicted molar refractivity (Wildman–Crippen MR) is 96.0 cm³/mol. The van der Waals surface area contributed by atoms with E-state index in [2.05, 4.69) is 58.3 Å². The van der Waals surface area contributed by atoms with Crippen LogP contribution in [-0.4, -0.2) is 72.0 Å². The van der Waals surface area contributed by atoms with Crippen LogP contribution in [-0.2, 0) is 9.47 Å². The normalized spacial score (nSPS) is 32.2. The van der Waals surface area contributed by atoms with Crippen molar-refractivity contribution < 1.29 is 9.47 Å². The first-order valence-electron chi connectivity index (χ1n) is 9.32. The van der Waals surface area contributed by atoms with E-state index < -0.39 is 0 Å². The third kappa shape index (κ3) is 5.15. The molecule has 0 aromatic rings. The van der Waals surface area contributed by atoms with Crippen LogP contribution in [0.2, 0.25) is 0 Å². The molecule has 2 heterocycles. The molecule has 136 valence electrons. The first-order valence-corrected chi connectivity index (χ1v) is 9.32. The van der Waals surface area contributed by atoms with Gasteiger partial charge in [-0.2, -0.15) is 0 Å². The summed E-state index contributed by atoms with van der Waals surface area (Å²) in [7, 11) is 0. The maximum absolute atomic E-state index is 6.04. The molecular formula is C19H38N2O2. The summed E-state index contributed by atoms with van der Waals surface area (Å²) in [6, 6.07) is 1.000. The highest BCUT2D eigenvalue weighted by molar-refractivity contribution is 4.91. The topological polar surface area (TPSA) is 24.9 Å². The lowest BCUT2D eigenvalue weighted by atomic mass is 9.95. The molecule has 0 aromatic carbocycles. The lowest BCUT2D eigenvalue weighted by molar-refractivity contribution is -0.0979. The van der Waals surface area contributed by atoms with Crippen molar-refractivity contribution in [2.45, 2.75) is 90.6 Å². The van der Waals surface area contributed by atoms with E-state index in [9.17, 15) is 0 Å². The minimum atomic E-state index is 0.193. The van der Waals surface area contributed by atoms with Gasteiger partial charge in [-0.1, -0.05) is 0 Å². The van der Waals surface area contributed by atoms with Crippen molar-refractivity contribution in [1.82, 2.24) is 9.80 Å². The second kappa shape index (κ2) is 7.38. The maximum atomic E-state index is 6.04. The molecule has 0 aliphatic carbocycles. The minimum Gasteiger partial charge on any atom is -0.378 e. The molecule has 2 saturated heterocycles. The maximum Gasteiger partial charge on any atom is 0.0703 e. The average molecular weight is 327 g/mol. The molecule has 0 N–H and O–H groups in total. The number of nitrogens with zero attached hydrogens (tertiary/aromatic N) is 2. The number of morpholine rings is 2. The second-order valence-corrected chi connectivity index (χ2v) is 9.31. The van der Waals surface area contributed by atoms with Crippen LogP contribution in [0.3, 0.4) is 0 Å². The van der Waals surface area contributed by atoms with Gasteiger partial charge in [-0.25, -0.2) is 0 Å². The molecule has 2 fully saturated rings. The average Bonchev–Trinajstić information content (AvgIpc) is 2.43. The third-order valence-electron chi connectivity index (χ3n) is 5.22. The Balaban J connectivity index is 1.91. The Labute approximate surface area is 143 Å². The number of hydrogen-bond acceptors (Lipinski definition) is 4. The molecule has 4 heteroatoms. The Morgan fingerprint density at radius 1 is 0.957 bits per heavy atom. The van der Waals surface area contributed by atoms with Crippen LogP contribution >= 0.6 is 0 Å². The zero-order valence-corrected chi connectivity index (χ0v) is 16.4. The molecule has 3 atom stereocenters. The molecule has 4 nitrogen and oxygen atoms in total. The number of ether oxygens (including phenoxy) is 2. The molecule has 23 heavy (non-hydrogen) atoms. The van der Waals surface area contributed by atoms with Gasteiger partial charge in [0.2, 0.25) is 0 Å². The van der Waals surface area contributed by atoms with Crippen LogP contribution in [0.25, 0.3) is 0 Å². The van der Waals surface area contributed by atoms with Gasteiger partial charge in [0.25, 0.3) is 0 Å². The fourth-order valence-corrected chi connectivity index (χ4v) is 4.21. The molecule has 0 spiro atoms. The molecule has 2 aliphatic heterocycles. The van der Waals surface area contributed by atoms with Crippen LogP contribution in [0.15, 0.2) is 0 Å². The molecule has 0 radical (unpaired) electrons. The van der Waals surface area contributed by atoms with Gasteiger partial charge < -0.3 is 9.47 Å². The van der Waals surface area contributed by atoms with E-state index in [1.165, 1.54) is 0 Å². The van der Waals surface area contributed by atoms with Crippen LogP contribution in [0.1, 0.15) is 61.3 Å². The van der Waals surface area contributed by atoms with Gasteiger partial charge in [-0.3, -0.25) is 9.80 Å². The smallest absolute Gasteiger partial charge is 0.0703 e. The molecule has 0 bridgehead atoms. The highest BCUT2D eigenvalue weighted by Crippen LogP contribution is 2.28. The minimum absolute atomic E-state index is 0.193. The fraction of sp³-hybridized carbons (Fsp3) is 1.00. The molecule has 0 saturated carbocycles. The van der Waals surface area contributed by atoms with E-state index in [0.717, 1.165) is 45.8 Å². The van der Waals surface area contributed by atoms with E-state index in [4.69, 9.17) is 9.47 Å². The van der Waals surface area contributed by atoms with Crippen molar-refractivity contribution in [3.63, 3.8) is 0 Å². The van der Waals surface area contributed by atoms with E-state index >= 15 is 0 Å². The number of rotatable bonds is 3. The van der Waals surface area contributed by atoms with Crippen molar-refractivity contribution in [2.75, 3.05) is 32.9 Å². The van der Waals surface area contributed by atoms with E-state index in [-0.39, 0.29) is 11.1 Å². The van der Waals surface area contributed by atoms with Crippen molar-refractivity contribution in [3.8, 4) is 0 Å². The Morgan fingerprint density at radius 3 is 2.26 bits per heavy atom. The predicted octanol–water partition coefficient (Wildman–Crippen LogP) is 3.15. The summed E-state index contributed by atoms with van der Waals surface area (Å²) in [6.07, 6.45) is 2.64. The second-order valence-electron chi connectivity index (χ2n) is 9.31. The Bertz CT molecular complexity index is 373. The van der Waals surface area contributed by atoms with Crippen LogP contribution in [0.4, 0.5) is 0 Å². The molecule has 2 rings (SSSR count).